The molecule has 0 heterocycles. The molecule has 17 heavy (non-hydrogen) atoms. The van der Waals surface area contributed by atoms with Crippen molar-refractivity contribution in [2.24, 2.45) is 0 Å². The van der Waals surface area contributed by atoms with Crippen LogP contribution in [0.2, 0.25) is 0 Å². The van der Waals surface area contributed by atoms with Gasteiger partial charge < -0.3 is 10.2 Å². The van der Waals surface area contributed by atoms with Crippen LogP contribution in [0.5, 0.6) is 11.5 Å². The summed E-state index contributed by atoms with van der Waals surface area (Å²) in [6, 6.07) is 9.06. The van der Waals surface area contributed by atoms with Crippen molar-refractivity contribution in [1.29, 1.82) is 0 Å². The quantitative estimate of drug-likeness (QED) is 0.781. The van der Waals surface area contributed by atoms with Crippen molar-refractivity contribution >= 4 is 0 Å². The monoisotopic (exact) mass is 228 g/mol. The predicted molar refractivity (Wildman–Crippen MR) is 69.4 cm³/mol. The molecule has 2 heteroatoms. The zero-order valence-corrected chi connectivity index (χ0v) is 10.3. The van der Waals surface area contributed by atoms with Crippen molar-refractivity contribution in [3.63, 3.8) is 0 Å². The largest absolute Gasteiger partial charge is 0.508 e. The normalized spacial score (nSPS) is 10.5. The zero-order chi connectivity index (χ0) is 12.6. The lowest BCUT2D eigenvalue weighted by Gasteiger charge is -2.12. The molecule has 0 atom stereocenters. The molecule has 0 aliphatic carbocycles. The smallest absolute Gasteiger partial charge is 0.126 e. The maximum absolute atomic E-state index is 10.1. The van der Waals surface area contributed by atoms with Crippen LogP contribution in [0, 0.1) is 20.8 Å². The van der Waals surface area contributed by atoms with E-state index in [9.17, 15) is 10.2 Å². The Hall–Kier alpha value is -1.96. The zero-order valence-electron chi connectivity index (χ0n) is 10.3. The van der Waals surface area contributed by atoms with Gasteiger partial charge in [-0.3, -0.25) is 0 Å². The van der Waals surface area contributed by atoms with E-state index in [0.717, 1.165) is 27.8 Å². The molecule has 2 N–H and O–H groups in total. The van der Waals surface area contributed by atoms with Gasteiger partial charge >= 0.3 is 0 Å². The molecule has 0 bridgehead atoms. The highest BCUT2D eigenvalue weighted by molar-refractivity contribution is 5.76. The van der Waals surface area contributed by atoms with Crippen molar-refractivity contribution in [2.45, 2.75) is 20.8 Å². The van der Waals surface area contributed by atoms with Crippen LogP contribution in [0.1, 0.15) is 16.7 Å². The van der Waals surface area contributed by atoms with Gasteiger partial charge in [0.1, 0.15) is 11.5 Å². The highest BCUT2D eigenvalue weighted by Crippen LogP contribution is 2.36. The molecule has 2 aromatic rings. The second-order valence-corrected chi connectivity index (χ2v) is 4.48. The summed E-state index contributed by atoms with van der Waals surface area (Å²) in [6.45, 7) is 5.84. The van der Waals surface area contributed by atoms with Gasteiger partial charge in [0, 0.05) is 5.56 Å². The van der Waals surface area contributed by atoms with Gasteiger partial charge in [-0.2, -0.15) is 0 Å². The Labute approximate surface area is 101 Å². The molecule has 0 unspecified atom stereocenters. The molecule has 0 saturated heterocycles. The second kappa shape index (κ2) is 4.13. The van der Waals surface area contributed by atoms with Crippen LogP contribution < -0.4 is 0 Å². The Morgan fingerprint density at radius 1 is 0.765 bits per heavy atom. The standard InChI is InChI=1S/C15H16O2/c1-9-6-11(3)15(17)14(7-9)13-8-12(16)5-4-10(13)2/h4-8,16-17H,1-3H3. The first-order valence-electron chi connectivity index (χ1n) is 5.59. The van der Waals surface area contributed by atoms with Gasteiger partial charge in [0.15, 0.2) is 0 Å². The summed E-state index contributed by atoms with van der Waals surface area (Å²) in [5.74, 6) is 0.494. The molecule has 88 valence electrons. The van der Waals surface area contributed by atoms with E-state index in [2.05, 4.69) is 0 Å². The molecule has 2 aromatic carbocycles. The number of aromatic hydroxyl groups is 2. The third-order valence-corrected chi connectivity index (χ3v) is 2.96. The molecule has 2 rings (SSSR count). The molecular weight excluding hydrogens is 212 g/mol. The first kappa shape index (κ1) is 11.5. The number of hydrogen-bond acceptors (Lipinski definition) is 2. The third kappa shape index (κ3) is 2.11. The highest BCUT2D eigenvalue weighted by atomic mass is 16.3. The molecule has 0 aromatic heterocycles. The molecule has 0 amide bonds. The summed E-state index contributed by atoms with van der Waals surface area (Å²) < 4.78 is 0. The van der Waals surface area contributed by atoms with Crippen LogP contribution in [-0.2, 0) is 0 Å². The minimum absolute atomic E-state index is 0.212. The Kier molecular flexibility index (Phi) is 2.80. The summed E-state index contributed by atoms with van der Waals surface area (Å²) in [4.78, 5) is 0. The van der Waals surface area contributed by atoms with Crippen LogP contribution in [0.3, 0.4) is 0 Å². The summed E-state index contributed by atoms with van der Waals surface area (Å²) in [5.41, 5.74) is 4.62. The molecule has 0 fully saturated rings. The predicted octanol–water partition coefficient (Wildman–Crippen LogP) is 3.69. The van der Waals surface area contributed by atoms with Crippen molar-refractivity contribution in [3.8, 4) is 22.6 Å². The summed E-state index contributed by atoms with van der Waals surface area (Å²) in [6.07, 6.45) is 0. The maximum atomic E-state index is 10.1. The van der Waals surface area contributed by atoms with Gasteiger partial charge in [0.25, 0.3) is 0 Å². The fourth-order valence-electron chi connectivity index (χ4n) is 2.07. The average Bonchev–Trinajstić information content (AvgIpc) is 2.27. The van der Waals surface area contributed by atoms with Gasteiger partial charge in [-0.15, -0.1) is 0 Å². The first-order chi connectivity index (χ1) is 7.99. The average molecular weight is 228 g/mol. The van der Waals surface area contributed by atoms with E-state index in [1.807, 2.05) is 39.0 Å². The third-order valence-electron chi connectivity index (χ3n) is 2.96. The molecule has 0 aliphatic heterocycles. The Balaban J connectivity index is 2.72. The highest BCUT2D eigenvalue weighted by Gasteiger charge is 2.10. The van der Waals surface area contributed by atoms with Gasteiger partial charge in [0.05, 0.1) is 0 Å². The van der Waals surface area contributed by atoms with Crippen LogP contribution in [0.25, 0.3) is 11.1 Å². The van der Waals surface area contributed by atoms with Crippen molar-refractivity contribution < 1.29 is 10.2 Å². The maximum Gasteiger partial charge on any atom is 0.126 e. The van der Waals surface area contributed by atoms with E-state index in [-0.39, 0.29) is 11.5 Å². The Morgan fingerprint density at radius 3 is 2.18 bits per heavy atom. The Bertz CT molecular complexity index is 571. The van der Waals surface area contributed by atoms with E-state index in [1.165, 1.54) is 0 Å². The number of aryl methyl sites for hydroxylation is 3. The lowest BCUT2D eigenvalue weighted by Crippen LogP contribution is -1.88. The minimum atomic E-state index is 0.212. The lowest BCUT2D eigenvalue weighted by atomic mass is 9.96. The number of hydrogen-bond donors (Lipinski definition) is 2. The number of benzene rings is 2. The molecule has 0 radical (unpaired) electrons. The van der Waals surface area contributed by atoms with Gasteiger partial charge in [-0.25, -0.2) is 0 Å². The number of rotatable bonds is 1. The Morgan fingerprint density at radius 2 is 1.47 bits per heavy atom. The second-order valence-electron chi connectivity index (χ2n) is 4.48. The van der Waals surface area contributed by atoms with E-state index in [1.54, 1.807) is 12.1 Å². The van der Waals surface area contributed by atoms with Crippen molar-refractivity contribution in [1.82, 2.24) is 0 Å². The van der Waals surface area contributed by atoms with Gasteiger partial charge in [-0.1, -0.05) is 12.1 Å². The number of phenolic OH excluding ortho intramolecular Hbond substituents is 2. The summed E-state index contributed by atoms with van der Waals surface area (Å²) in [5, 5.41) is 19.7. The summed E-state index contributed by atoms with van der Waals surface area (Å²) in [7, 11) is 0. The topological polar surface area (TPSA) is 40.5 Å². The lowest BCUT2D eigenvalue weighted by molar-refractivity contribution is 0.471. The van der Waals surface area contributed by atoms with Crippen LogP contribution >= 0.6 is 0 Å². The van der Waals surface area contributed by atoms with E-state index in [0.29, 0.717) is 0 Å². The molecule has 2 nitrogen and oxygen atoms in total. The number of phenols is 2. The van der Waals surface area contributed by atoms with E-state index < -0.39 is 0 Å². The molecule has 0 saturated carbocycles. The molecular formula is C15H16O2. The van der Waals surface area contributed by atoms with Crippen LogP contribution in [0.4, 0.5) is 0 Å². The van der Waals surface area contributed by atoms with Gasteiger partial charge in [-0.05, 0) is 61.2 Å². The van der Waals surface area contributed by atoms with E-state index >= 15 is 0 Å². The van der Waals surface area contributed by atoms with Crippen molar-refractivity contribution in [3.05, 3.63) is 47.0 Å². The van der Waals surface area contributed by atoms with E-state index in [4.69, 9.17) is 0 Å². The van der Waals surface area contributed by atoms with Gasteiger partial charge in [0.2, 0.25) is 0 Å². The molecule has 0 aliphatic rings. The fourth-order valence-corrected chi connectivity index (χ4v) is 2.07. The summed E-state index contributed by atoms with van der Waals surface area (Å²) >= 11 is 0. The molecule has 0 spiro atoms. The first-order valence-corrected chi connectivity index (χ1v) is 5.59. The SMILES string of the molecule is Cc1cc(C)c(O)c(-c2cc(O)ccc2C)c1. The minimum Gasteiger partial charge on any atom is -0.508 e. The fraction of sp³-hybridized carbons (Fsp3) is 0.200. The van der Waals surface area contributed by atoms with Crippen LogP contribution in [0.15, 0.2) is 30.3 Å². The van der Waals surface area contributed by atoms with Crippen molar-refractivity contribution in [2.75, 3.05) is 0 Å². The van der Waals surface area contributed by atoms with Crippen LogP contribution in [-0.4, -0.2) is 10.2 Å².